The lowest BCUT2D eigenvalue weighted by molar-refractivity contribution is -0.131. The molecule has 0 aliphatic heterocycles. The maximum Gasteiger partial charge on any atom is 0.335 e. The van der Waals surface area contributed by atoms with E-state index in [4.69, 9.17) is 9.84 Å². The highest BCUT2D eigenvalue weighted by atomic mass is 16.5. The molecule has 0 saturated heterocycles. The van der Waals surface area contributed by atoms with E-state index < -0.39 is 11.9 Å². The van der Waals surface area contributed by atoms with Crippen LogP contribution >= 0.6 is 0 Å². The highest BCUT2D eigenvalue weighted by Gasteiger charge is 2.10. The van der Waals surface area contributed by atoms with Crippen molar-refractivity contribution in [1.82, 2.24) is 0 Å². The molecule has 0 aromatic heterocycles. The second-order valence-electron chi connectivity index (χ2n) is 5.80. The second-order valence-corrected chi connectivity index (χ2v) is 5.80. The topological polar surface area (TPSA) is 63.6 Å². The Morgan fingerprint density at radius 2 is 1.83 bits per heavy atom. The van der Waals surface area contributed by atoms with Crippen molar-refractivity contribution in [2.75, 3.05) is 0 Å². The minimum atomic E-state index is -0.995. The predicted octanol–water partition coefficient (Wildman–Crippen LogP) is 4.55. The summed E-state index contributed by atoms with van der Waals surface area (Å²) in [7, 11) is 0. The van der Waals surface area contributed by atoms with Crippen molar-refractivity contribution in [3.63, 3.8) is 0 Å². The van der Waals surface area contributed by atoms with E-state index in [1.807, 2.05) is 13.0 Å². The Balaban J connectivity index is 2.90. The number of benzene rings is 1. The van der Waals surface area contributed by atoms with Crippen molar-refractivity contribution >= 4 is 11.9 Å². The van der Waals surface area contributed by atoms with Gasteiger partial charge in [0.1, 0.15) is 5.75 Å². The first-order chi connectivity index (χ1) is 10.8. The molecular formula is C19H24O4. The fourth-order valence-corrected chi connectivity index (χ4v) is 2.10. The van der Waals surface area contributed by atoms with Crippen molar-refractivity contribution in [3.05, 3.63) is 52.6 Å². The van der Waals surface area contributed by atoms with E-state index in [0.29, 0.717) is 17.7 Å². The summed E-state index contributed by atoms with van der Waals surface area (Å²) in [5.74, 6) is -1.00. The number of carboxylic acids is 1. The van der Waals surface area contributed by atoms with Crippen LogP contribution in [0.3, 0.4) is 0 Å². The van der Waals surface area contributed by atoms with Crippen LogP contribution in [0.4, 0.5) is 0 Å². The molecule has 0 unspecified atom stereocenters. The van der Waals surface area contributed by atoms with E-state index in [0.717, 1.165) is 12.8 Å². The highest BCUT2D eigenvalue weighted by molar-refractivity contribution is 5.88. The van der Waals surface area contributed by atoms with Crippen LogP contribution in [0.2, 0.25) is 0 Å². The molecule has 0 spiro atoms. The van der Waals surface area contributed by atoms with E-state index >= 15 is 0 Å². The molecule has 0 radical (unpaired) electrons. The molecule has 124 valence electrons. The zero-order valence-electron chi connectivity index (χ0n) is 14.2. The SMILES string of the molecule is CC(=O)Oc1ccc(C(=O)O)cc1C/C=C(\C)CCC=C(C)C. The lowest BCUT2D eigenvalue weighted by Crippen LogP contribution is -2.05. The summed E-state index contributed by atoms with van der Waals surface area (Å²) >= 11 is 0. The lowest BCUT2D eigenvalue weighted by Gasteiger charge is -2.09. The monoisotopic (exact) mass is 316 g/mol. The number of carboxylic acid groups (broad SMARTS) is 1. The third kappa shape index (κ3) is 6.96. The van der Waals surface area contributed by atoms with Crippen LogP contribution in [0.5, 0.6) is 5.75 Å². The first-order valence-electron chi connectivity index (χ1n) is 7.63. The third-order valence-electron chi connectivity index (χ3n) is 3.32. The van der Waals surface area contributed by atoms with Gasteiger partial charge in [-0.05, 0) is 63.8 Å². The first-order valence-corrected chi connectivity index (χ1v) is 7.63. The molecule has 23 heavy (non-hydrogen) atoms. The van der Waals surface area contributed by atoms with Gasteiger partial charge in [0.25, 0.3) is 0 Å². The summed E-state index contributed by atoms with van der Waals surface area (Å²) in [5, 5.41) is 9.10. The van der Waals surface area contributed by atoms with Crippen LogP contribution < -0.4 is 4.74 Å². The molecule has 1 N–H and O–H groups in total. The van der Waals surface area contributed by atoms with Crippen molar-refractivity contribution in [2.24, 2.45) is 0 Å². The standard InChI is InChI=1S/C19H24O4/c1-13(2)6-5-7-14(3)8-9-16-12-17(19(21)22)10-11-18(16)23-15(4)20/h6,8,10-12H,5,7,9H2,1-4H3,(H,21,22)/b14-8+. The van der Waals surface area contributed by atoms with Crippen LogP contribution in [0.15, 0.2) is 41.5 Å². The summed E-state index contributed by atoms with van der Waals surface area (Å²) < 4.78 is 5.15. The van der Waals surface area contributed by atoms with Gasteiger partial charge in [0.05, 0.1) is 5.56 Å². The number of ether oxygens (including phenoxy) is 1. The van der Waals surface area contributed by atoms with Gasteiger partial charge in [-0.2, -0.15) is 0 Å². The van der Waals surface area contributed by atoms with E-state index in [9.17, 15) is 9.59 Å². The molecule has 0 fully saturated rings. The second kappa shape index (κ2) is 8.93. The quantitative estimate of drug-likeness (QED) is 0.455. The van der Waals surface area contributed by atoms with Crippen molar-refractivity contribution in [2.45, 2.75) is 47.0 Å². The van der Waals surface area contributed by atoms with Crippen molar-refractivity contribution < 1.29 is 19.4 Å². The van der Waals surface area contributed by atoms with Gasteiger partial charge in [0, 0.05) is 6.92 Å². The summed E-state index contributed by atoms with van der Waals surface area (Å²) in [6.07, 6.45) is 6.70. The van der Waals surface area contributed by atoms with Gasteiger partial charge in [-0.1, -0.05) is 23.3 Å². The third-order valence-corrected chi connectivity index (χ3v) is 3.32. The molecule has 0 aliphatic carbocycles. The molecule has 4 heteroatoms. The zero-order chi connectivity index (χ0) is 17.4. The first kappa shape index (κ1) is 18.7. The Hall–Kier alpha value is -2.36. The Morgan fingerprint density at radius 3 is 2.39 bits per heavy atom. The van der Waals surface area contributed by atoms with E-state index in [-0.39, 0.29) is 5.56 Å². The largest absolute Gasteiger partial charge is 0.478 e. The van der Waals surface area contributed by atoms with Gasteiger partial charge >= 0.3 is 11.9 Å². The number of hydrogen-bond donors (Lipinski definition) is 1. The molecule has 0 amide bonds. The lowest BCUT2D eigenvalue weighted by atomic mass is 10.0. The van der Waals surface area contributed by atoms with E-state index in [1.54, 1.807) is 6.07 Å². The van der Waals surface area contributed by atoms with Crippen LogP contribution in [-0.2, 0) is 11.2 Å². The van der Waals surface area contributed by atoms with Crippen molar-refractivity contribution in [1.29, 1.82) is 0 Å². The van der Waals surface area contributed by atoms with Gasteiger partial charge in [-0.15, -0.1) is 0 Å². The maximum absolute atomic E-state index is 11.2. The van der Waals surface area contributed by atoms with Crippen LogP contribution in [0.1, 0.15) is 56.5 Å². The summed E-state index contributed by atoms with van der Waals surface area (Å²) in [5.41, 5.74) is 3.40. The molecule has 1 rings (SSSR count). The van der Waals surface area contributed by atoms with Gasteiger partial charge in [-0.3, -0.25) is 4.79 Å². The molecule has 1 aromatic rings. The predicted molar refractivity (Wildman–Crippen MR) is 90.8 cm³/mol. The fourth-order valence-electron chi connectivity index (χ4n) is 2.10. The van der Waals surface area contributed by atoms with Gasteiger partial charge in [-0.25, -0.2) is 4.79 Å². The van der Waals surface area contributed by atoms with Crippen molar-refractivity contribution in [3.8, 4) is 5.75 Å². The minimum absolute atomic E-state index is 0.187. The Labute approximate surface area is 137 Å². The number of carbonyl (C=O) groups is 2. The number of allylic oxidation sites excluding steroid dienone is 4. The molecule has 0 aliphatic rings. The highest BCUT2D eigenvalue weighted by Crippen LogP contribution is 2.22. The van der Waals surface area contributed by atoms with E-state index in [2.05, 4.69) is 19.9 Å². The Bertz CT molecular complexity index is 635. The summed E-state index contributed by atoms with van der Waals surface area (Å²) in [6, 6.07) is 4.53. The zero-order valence-corrected chi connectivity index (χ0v) is 14.2. The smallest absolute Gasteiger partial charge is 0.335 e. The van der Waals surface area contributed by atoms with E-state index in [1.165, 1.54) is 30.2 Å². The molecule has 0 atom stereocenters. The molecule has 0 bridgehead atoms. The maximum atomic E-state index is 11.2. The minimum Gasteiger partial charge on any atom is -0.478 e. The molecule has 0 heterocycles. The number of rotatable bonds is 7. The fraction of sp³-hybridized carbons (Fsp3) is 0.368. The molecule has 4 nitrogen and oxygen atoms in total. The van der Waals surface area contributed by atoms with Gasteiger partial charge in [0.2, 0.25) is 0 Å². The average molecular weight is 316 g/mol. The van der Waals surface area contributed by atoms with Crippen LogP contribution in [0, 0.1) is 0 Å². The number of carbonyl (C=O) groups excluding carboxylic acids is 1. The van der Waals surface area contributed by atoms with Gasteiger partial charge in [0.15, 0.2) is 0 Å². The summed E-state index contributed by atoms with van der Waals surface area (Å²) in [6.45, 7) is 7.52. The van der Waals surface area contributed by atoms with Gasteiger partial charge < -0.3 is 9.84 Å². The Kier molecular flexibility index (Phi) is 7.26. The number of aromatic carboxylic acids is 1. The van der Waals surface area contributed by atoms with Crippen LogP contribution in [-0.4, -0.2) is 17.0 Å². The molecule has 0 saturated carbocycles. The molecular weight excluding hydrogens is 292 g/mol. The summed E-state index contributed by atoms with van der Waals surface area (Å²) in [4.78, 5) is 22.3. The average Bonchev–Trinajstić information content (AvgIpc) is 2.45. The number of hydrogen-bond acceptors (Lipinski definition) is 3. The normalized spacial score (nSPS) is 11.0. The molecule has 1 aromatic carbocycles. The number of esters is 1. The van der Waals surface area contributed by atoms with Crippen LogP contribution in [0.25, 0.3) is 0 Å². The Morgan fingerprint density at radius 1 is 1.13 bits per heavy atom.